The van der Waals surface area contributed by atoms with E-state index in [1.54, 1.807) is 13.8 Å². The lowest BCUT2D eigenvalue weighted by Gasteiger charge is -2.28. The summed E-state index contributed by atoms with van der Waals surface area (Å²) >= 11 is 0. The summed E-state index contributed by atoms with van der Waals surface area (Å²) in [6.07, 6.45) is -2.04. The molecule has 4 atom stereocenters. The summed E-state index contributed by atoms with van der Waals surface area (Å²) in [6, 6.07) is 9.34. The highest BCUT2D eigenvalue weighted by Gasteiger charge is 2.40. The fourth-order valence-corrected chi connectivity index (χ4v) is 4.52. The van der Waals surface area contributed by atoms with Gasteiger partial charge >= 0.3 is 13.6 Å². The highest BCUT2D eigenvalue weighted by Crippen LogP contribution is 2.50. The van der Waals surface area contributed by atoms with E-state index in [-0.39, 0.29) is 25.8 Å². The molecule has 1 aromatic rings. The molecule has 0 heterocycles. The molecule has 30 heavy (non-hydrogen) atoms. The van der Waals surface area contributed by atoms with Crippen LogP contribution in [0.25, 0.3) is 0 Å². The van der Waals surface area contributed by atoms with E-state index < -0.39 is 43.6 Å². The van der Waals surface area contributed by atoms with Gasteiger partial charge in [0.25, 0.3) is 0 Å². The molecule has 10 nitrogen and oxygen atoms in total. The van der Waals surface area contributed by atoms with Crippen molar-refractivity contribution in [2.45, 2.75) is 57.8 Å². The summed E-state index contributed by atoms with van der Waals surface area (Å²) in [5.74, 6) is -3.53. The van der Waals surface area contributed by atoms with Gasteiger partial charge in [0.2, 0.25) is 5.91 Å². The molecule has 11 heteroatoms. The van der Waals surface area contributed by atoms with E-state index >= 15 is 0 Å². The van der Waals surface area contributed by atoms with Crippen molar-refractivity contribution >= 4 is 19.5 Å². The SMILES string of the molecule is CC(C)C(NC(=O)CCc1ccccc1)P(=O)(O)OC(CCCNC(N)O)C(=O)O. The Balaban J connectivity index is 2.70. The minimum absolute atomic E-state index is 0.0770. The summed E-state index contributed by atoms with van der Waals surface area (Å²) in [4.78, 5) is 34.2. The summed E-state index contributed by atoms with van der Waals surface area (Å²) < 4.78 is 17.9. The average molecular weight is 445 g/mol. The van der Waals surface area contributed by atoms with Gasteiger partial charge in [-0.15, -0.1) is 0 Å². The van der Waals surface area contributed by atoms with Crippen molar-refractivity contribution in [1.29, 1.82) is 0 Å². The second kappa shape index (κ2) is 12.8. The van der Waals surface area contributed by atoms with Crippen molar-refractivity contribution in [3.63, 3.8) is 0 Å². The van der Waals surface area contributed by atoms with Gasteiger partial charge in [0.1, 0.15) is 5.78 Å². The molecule has 1 aromatic carbocycles. The molecule has 170 valence electrons. The maximum atomic E-state index is 12.8. The Bertz CT molecular complexity index is 715. The van der Waals surface area contributed by atoms with Crippen LogP contribution in [-0.4, -0.2) is 51.8 Å². The van der Waals surface area contributed by atoms with Crippen molar-refractivity contribution in [1.82, 2.24) is 10.6 Å². The van der Waals surface area contributed by atoms with Gasteiger partial charge in [-0.2, -0.15) is 0 Å². The largest absolute Gasteiger partial charge is 0.479 e. The zero-order valence-corrected chi connectivity index (χ0v) is 18.1. The number of aliphatic hydroxyl groups excluding tert-OH is 1. The Labute approximate surface area is 176 Å². The number of nitrogens with one attached hydrogen (secondary N) is 2. The number of aliphatic hydroxyl groups is 1. The summed E-state index contributed by atoms with van der Waals surface area (Å²) in [7, 11) is -4.49. The molecule has 1 rings (SSSR count). The van der Waals surface area contributed by atoms with Crippen LogP contribution < -0.4 is 16.4 Å². The zero-order chi connectivity index (χ0) is 22.7. The first-order chi connectivity index (χ1) is 14.0. The van der Waals surface area contributed by atoms with E-state index in [0.29, 0.717) is 6.42 Å². The number of hydrogen-bond acceptors (Lipinski definition) is 7. The Morgan fingerprint density at radius 1 is 1.23 bits per heavy atom. The van der Waals surface area contributed by atoms with Crippen LogP contribution >= 0.6 is 7.60 Å². The van der Waals surface area contributed by atoms with Gasteiger partial charge in [0.15, 0.2) is 12.5 Å². The Kier molecular flexibility index (Phi) is 11.2. The number of rotatable bonds is 14. The number of carbonyl (C=O) groups is 2. The summed E-state index contributed by atoms with van der Waals surface area (Å²) in [6.45, 7) is 3.47. The molecule has 7 N–H and O–H groups in total. The zero-order valence-electron chi connectivity index (χ0n) is 17.2. The van der Waals surface area contributed by atoms with Gasteiger partial charge in [-0.3, -0.25) is 24.9 Å². The molecule has 0 spiro atoms. The van der Waals surface area contributed by atoms with E-state index in [1.165, 1.54) is 0 Å². The maximum Gasteiger partial charge on any atom is 0.351 e. The number of amides is 1. The number of nitrogens with two attached hydrogens (primary N) is 1. The number of hydrogen-bond donors (Lipinski definition) is 6. The normalized spacial score (nSPS) is 16.5. The Morgan fingerprint density at radius 2 is 1.87 bits per heavy atom. The lowest BCUT2D eigenvalue weighted by molar-refractivity contribution is -0.145. The highest BCUT2D eigenvalue weighted by atomic mass is 31.2. The predicted molar refractivity (Wildman–Crippen MR) is 111 cm³/mol. The standard InChI is InChI=1S/C19H32N3O7P/c1-13(2)17(22-16(23)11-10-14-7-4-3-5-8-14)30(27,28)29-15(18(24)25)9-6-12-21-19(20)26/h3-5,7-8,13,15,17,19,21,26H,6,9-12,20H2,1-2H3,(H,22,23)(H,24,25)(H,27,28). The molecule has 4 unspecified atom stereocenters. The number of benzene rings is 1. The molecule has 1 amide bonds. The predicted octanol–water partition coefficient (Wildman–Crippen LogP) is 0.977. The second-order valence-corrected chi connectivity index (χ2v) is 9.17. The molecule has 0 aliphatic rings. The fraction of sp³-hybridized carbons (Fsp3) is 0.579. The van der Waals surface area contributed by atoms with Gasteiger partial charge < -0.3 is 20.4 Å². The van der Waals surface area contributed by atoms with E-state index in [1.807, 2.05) is 30.3 Å². The van der Waals surface area contributed by atoms with Crippen LogP contribution in [0.5, 0.6) is 0 Å². The number of carboxylic acid groups (broad SMARTS) is 1. The van der Waals surface area contributed by atoms with Crippen LogP contribution in [0.4, 0.5) is 0 Å². The van der Waals surface area contributed by atoms with Crippen molar-refractivity contribution in [3.8, 4) is 0 Å². The molecule has 0 aromatic heterocycles. The molecular weight excluding hydrogens is 413 g/mol. The van der Waals surface area contributed by atoms with Gasteiger partial charge in [-0.1, -0.05) is 44.2 Å². The quantitative estimate of drug-likeness (QED) is 0.139. The second-order valence-electron chi connectivity index (χ2n) is 7.28. The fourth-order valence-electron chi connectivity index (χ4n) is 2.77. The van der Waals surface area contributed by atoms with Crippen LogP contribution in [-0.2, 0) is 25.1 Å². The smallest absolute Gasteiger partial charge is 0.351 e. The van der Waals surface area contributed by atoms with E-state index in [4.69, 9.17) is 15.4 Å². The number of aryl methyl sites for hydroxylation is 1. The minimum Gasteiger partial charge on any atom is -0.479 e. The lowest BCUT2D eigenvalue weighted by Crippen LogP contribution is -2.40. The molecular formula is C19H32N3O7P. The Hall–Kier alpha value is -1.81. The molecule has 0 aliphatic heterocycles. The van der Waals surface area contributed by atoms with Gasteiger partial charge in [0.05, 0.1) is 0 Å². The molecule has 0 radical (unpaired) electrons. The topological polar surface area (TPSA) is 171 Å². The van der Waals surface area contributed by atoms with Crippen LogP contribution in [0, 0.1) is 5.92 Å². The monoisotopic (exact) mass is 445 g/mol. The number of aliphatic carboxylic acids is 1. The molecule has 0 bridgehead atoms. The third-order valence-electron chi connectivity index (χ3n) is 4.33. The third-order valence-corrected chi connectivity index (χ3v) is 6.31. The molecule has 0 saturated carbocycles. The molecule has 0 saturated heterocycles. The Morgan fingerprint density at radius 3 is 2.40 bits per heavy atom. The van der Waals surface area contributed by atoms with Crippen molar-refractivity contribution < 1.29 is 33.8 Å². The van der Waals surface area contributed by atoms with Crippen LogP contribution in [0.3, 0.4) is 0 Å². The highest BCUT2D eigenvalue weighted by molar-refractivity contribution is 7.53. The number of carboxylic acids is 1. The summed E-state index contributed by atoms with van der Waals surface area (Å²) in [5, 5.41) is 23.3. The van der Waals surface area contributed by atoms with Crippen molar-refractivity contribution in [3.05, 3.63) is 35.9 Å². The van der Waals surface area contributed by atoms with Gasteiger partial charge in [0, 0.05) is 6.42 Å². The van der Waals surface area contributed by atoms with Crippen LogP contribution in [0.15, 0.2) is 30.3 Å². The van der Waals surface area contributed by atoms with E-state index in [0.717, 1.165) is 5.56 Å². The number of carbonyl (C=O) groups excluding carboxylic acids is 1. The van der Waals surface area contributed by atoms with Gasteiger partial charge in [-0.25, -0.2) is 4.79 Å². The lowest BCUT2D eigenvalue weighted by atomic mass is 10.1. The van der Waals surface area contributed by atoms with Crippen LogP contribution in [0.1, 0.15) is 38.7 Å². The van der Waals surface area contributed by atoms with Crippen molar-refractivity contribution in [2.75, 3.05) is 6.54 Å². The van der Waals surface area contributed by atoms with E-state index in [2.05, 4.69) is 10.6 Å². The van der Waals surface area contributed by atoms with Crippen molar-refractivity contribution in [2.24, 2.45) is 11.7 Å². The average Bonchev–Trinajstić information content (AvgIpc) is 2.66. The first-order valence-corrected chi connectivity index (χ1v) is 11.4. The third kappa shape index (κ3) is 9.80. The first kappa shape index (κ1) is 26.2. The summed E-state index contributed by atoms with van der Waals surface area (Å²) in [5.41, 5.74) is 6.08. The molecule has 0 fully saturated rings. The minimum atomic E-state index is -4.49. The molecule has 0 aliphatic carbocycles. The first-order valence-electron chi connectivity index (χ1n) is 9.77. The van der Waals surface area contributed by atoms with Crippen LogP contribution in [0.2, 0.25) is 0 Å². The van der Waals surface area contributed by atoms with Gasteiger partial charge in [-0.05, 0) is 37.3 Å². The van der Waals surface area contributed by atoms with E-state index in [9.17, 15) is 24.2 Å². The maximum absolute atomic E-state index is 12.8.